The number of sulfone groups is 1. The van der Waals surface area contributed by atoms with Gasteiger partial charge in [-0.05, 0) is 24.1 Å². The molecule has 1 atom stereocenters. The first-order valence-corrected chi connectivity index (χ1v) is 9.60. The minimum atomic E-state index is -4.55. The third kappa shape index (κ3) is 5.87. The predicted molar refractivity (Wildman–Crippen MR) is 91.9 cm³/mol. The van der Waals surface area contributed by atoms with Crippen molar-refractivity contribution >= 4 is 15.7 Å². The standard InChI is InChI=1S/C18H18F3NO3S/c1-13(15-7-3-2-4-8-15)22-17(23)12-26(24,25)11-14-6-5-9-16(10-14)18(19,20)21/h2-10,13H,11-12H2,1H3,(H,22,23). The quantitative estimate of drug-likeness (QED) is 0.828. The smallest absolute Gasteiger partial charge is 0.349 e. The highest BCUT2D eigenvalue weighted by Crippen LogP contribution is 2.29. The molecule has 4 nitrogen and oxygen atoms in total. The summed E-state index contributed by atoms with van der Waals surface area (Å²) in [5, 5.41) is 2.58. The van der Waals surface area contributed by atoms with Gasteiger partial charge in [0.05, 0.1) is 17.4 Å². The second-order valence-corrected chi connectivity index (χ2v) is 7.99. The number of alkyl halides is 3. The van der Waals surface area contributed by atoms with Crippen LogP contribution in [0.15, 0.2) is 54.6 Å². The van der Waals surface area contributed by atoms with Crippen LogP contribution in [-0.2, 0) is 26.6 Å². The summed E-state index contributed by atoms with van der Waals surface area (Å²) in [7, 11) is -3.90. The van der Waals surface area contributed by atoms with E-state index >= 15 is 0 Å². The number of carbonyl (C=O) groups excluding carboxylic acids is 1. The molecule has 8 heteroatoms. The van der Waals surface area contributed by atoms with Crippen molar-refractivity contribution in [2.24, 2.45) is 0 Å². The second kappa shape index (κ2) is 7.90. The zero-order chi connectivity index (χ0) is 19.4. The van der Waals surface area contributed by atoms with Crippen molar-refractivity contribution in [2.75, 3.05) is 5.75 Å². The van der Waals surface area contributed by atoms with E-state index in [9.17, 15) is 26.4 Å². The molecule has 140 valence electrons. The molecule has 2 aromatic rings. The summed E-state index contributed by atoms with van der Waals surface area (Å²) >= 11 is 0. The second-order valence-electron chi connectivity index (χ2n) is 5.93. The summed E-state index contributed by atoms with van der Waals surface area (Å²) in [5.74, 6) is -2.13. The van der Waals surface area contributed by atoms with Crippen molar-refractivity contribution in [2.45, 2.75) is 24.9 Å². The summed E-state index contributed by atoms with van der Waals surface area (Å²) in [4.78, 5) is 12.0. The Bertz CT molecular complexity index is 865. The molecule has 0 saturated heterocycles. The lowest BCUT2D eigenvalue weighted by atomic mass is 10.1. The van der Waals surface area contributed by atoms with Gasteiger partial charge in [-0.1, -0.05) is 48.5 Å². The predicted octanol–water partition coefficient (Wildman–Crippen LogP) is 3.50. The lowest BCUT2D eigenvalue weighted by Crippen LogP contribution is -2.32. The monoisotopic (exact) mass is 385 g/mol. The molecule has 2 aromatic carbocycles. The summed E-state index contributed by atoms with van der Waals surface area (Å²) in [6.07, 6.45) is -4.55. The molecule has 0 radical (unpaired) electrons. The van der Waals surface area contributed by atoms with Crippen LogP contribution in [0.5, 0.6) is 0 Å². The van der Waals surface area contributed by atoms with Crippen molar-refractivity contribution in [3.63, 3.8) is 0 Å². The fraction of sp³-hybridized carbons (Fsp3) is 0.278. The Morgan fingerprint density at radius 3 is 2.35 bits per heavy atom. The summed E-state index contributed by atoms with van der Waals surface area (Å²) < 4.78 is 62.4. The van der Waals surface area contributed by atoms with E-state index in [1.54, 1.807) is 31.2 Å². The zero-order valence-electron chi connectivity index (χ0n) is 14.0. The molecule has 0 saturated carbocycles. The number of halogens is 3. The number of carbonyl (C=O) groups is 1. The van der Waals surface area contributed by atoms with E-state index in [-0.39, 0.29) is 11.6 Å². The maximum Gasteiger partial charge on any atom is 0.416 e. The van der Waals surface area contributed by atoms with Crippen molar-refractivity contribution in [3.8, 4) is 0 Å². The maximum atomic E-state index is 12.7. The van der Waals surface area contributed by atoms with Crippen LogP contribution in [-0.4, -0.2) is 20.1 Å². The number of hydrogen-bond donors (Lipinski definition) is 1. The Balaban J connectivity index is 2.01. The van der Waals surface area contributed by atoms with Gasteiger partial charge in [0.2, 0.25) is 5.91 Å². The van der Waals surface area contributed by atoms with Gasteiger partial charge < -0.3 is 5.32 Å². The molecule has 2 rings (SSSR count). The molecule has 0 heterocycles. The van der Waals surface area contributed by atoms with Crippen molar-refractivity contribution in [3.05, 3.63) is 71.3 Å². The first-order chi connectivity index (χ1) is 12.1. The van der Waals surface area contributed by atoms with E-state index in [2.05, 4.69) is 5.32 Å². The van der Waals surface area contributed by atoms with E-state index in [0.29, 0.717) is 0 Å². The molecule has 1 amide bonds. The molecule has 0 aliphatic heterocycles. The molecule has 0 bridgehead atoms. The third-order valence-corrected chi connectivity index (χ3v) is 5.14. The number of rotatable bonds is 6. The minimum absolute atomic E-state index is 0.0104. The van der Waals surface area contributed by atoms with E-state index in [0.717, 1.165) is 23.8 Å². The van der Waals surface area contributed by atoms with Crippen LogP contribution in [0.1, 0.15) is 29.7 Å². The Labute approximate surface area is 150 Å². The average molecular weight is 385 g/mol. The highest BCUT2D eigenvalue weighted by atomic mass is 32.2. The molecule has 0 aromatic heterocycles. The fourth-order valence-corrected chi connectivity index (χ4v) is 3.72. The number of nitrogens with one attached hydrogen (secondary N) is 1. The van der Waals surface area contributed by atoms with E-state index in [4.69, 9.17) is 0 Å². The Kier molecular flexibility index (Phi) is 6.07. The summed E-state index contributed by atoms with van der Waals surface area (Å²) in [5.41, 5.74) is -0.118. The first kappa shape index (κ1) is 20.0. The number of amides is 1. The first-order valence-electron chi connectivity index (χ1n) is 7.78. The van der Waals surface area contributed by atoms with Crippen LogP contribution >= 0.6 is 0 Å². The molecular formula is C18H18F3NO3S. The van der Waals surface area contributed by atoms with Crippen LogP contribution < -0.4 is 5.32 Å². The molecule has 0 fully saturated rings. The minimum Gasteiger partial charge on any atom is -0.349 e. The van der Waals surface area contributed by atoms with Gasteiger partial charge in [-0.25, -0.2) is 8.42 Å². The Hall–Kier alpha value is -2.35. The zero-order valence-corrected chi connectivity index (χ0v) is 14.8. The average Bonchev–Trinajstić information content (AvgIpc) is 2.54. The SMILES string of the molecule is CC(NC(=O)CS(=O)(=O)Cc1cccc(C(F)(F)F)c1)c1ccccc1. The van der Waals surface area contributed by atoms with Gasteiger partial charge in [0.1, 0.15) is 5.75 Å². The van der Waals surface area contributed by atoms with Gasteiger partial charge in [-0.3, -0.25) is 4.79 Å². The van der Waals surface area contributed by atoms with Crippen LogP contribution in [0.25, 0.3) is 0 Å². The van der Waals surface area contributed by atoms with Crippen LogP contribution in [0.3, 0.4) is 0 Å². The van der Waals surface area contributed by atoms with Crippen LogP contribution in [0.2, 0.25) is 0 Å². The molecular weight excluding hydrogens is 367 g/mol. The topological polar surface area (TPSA) is 63.2 Å². The highest BCUT2D eigenvalue weighted by molar-refractivity contribution is 7.91. The van der Waals surface area contributed by atoms with Gasteiger partial charge in [0.25, 0.3) is 0 Å². The largest absolute Gasteiger partial charge is 0.416 e. The van der Waals surface area contributed by atoms with Gasteiger partial charge in [0, 0.05) is 0 Å². The van der Waals surface area contributed by atoms with Crippen molar-refractivity contribution in [1.29, 1.82) is 0 Å². The summed E-state index contributed by atoms with van der Waals surface area (Å²) in [6, 6.07) is 12.7. The molecule has 1 unspecified atom stereocenters. The van der Waals surface area contributed by atoms with Gasteiger partial charge in [-0.15, -0.1) is 0 Å². The Morgan fingerprint density at radius 2 is 1.73 bits per heavy atom. The lowest BCUT2D eigenvalue weighted by Gasteiger charge is -2.14. The van der Waals surface area contributed by atoms with Gasteiger partial charge in [-0.2, -0.15) is 13.2 Å². The van der Waals surface area contributed by atoms with Gasteiger partial charge in [0.15, 0.2) is 9.84 Å². The van der Waals surface area contributed by atoms with Crippen molar-refractivity contribution < 1.29 is 26.4 Å². The van der Waals surface area contributed by atoms with E-state index < -0.39 is 39.0 Å². The normalized spacial score (nSPS) is 13.2. The molecule has 0 aliphatic rings. The fourth-order valence-electron chi connectivity index (χ4n) is 2.45. The van der Waals surface area contributed by atoms with Gasteiger partial charge >= 0.3 is 6.18 Å². The number of hydrogen-bond acceptors (Lipinski definition) is 3. The highest BCUT2D eigenvalue weighted by Gasteiger charge is 2.30. The summed E-state index contributed by atoms with van der Waals surface area (Å²) in [6.45, 7) is 1.71. The van der Waals surface area contributed by atoms with Crippen LogP contribution in [0.4, 0.5) is 13.2 Å². The molecule has 26 heavy (non-hydrogen) atoms. The van der Waals surface area contributed by atoms with E-state index in [1.807, 2.05) is 6.07 Å². The van der Waals surface area contributed by atoms with E-state index in [1.165, 1.54) is 6.07 Å². The lowest BCUT2D eigenvalue weighted by molar-refractivity contribution is -0.137. The van der Waals surface area contributed by atoms with Crippen LogP contribution in [0, 0.1) is 0 Å². The Morgan fingerprint density at radius 1 is 1.08 bits per heavy atom. The molecule has 1 N–H and O–H groups in total. The molecule has 0 spiro atoms. The third-order valence-electron chi connectivity index (χ3n) is 3.67. The maximum absolute atomic E-state index is 12.7. The van der Waals surface area contributed by atoms with Crippen molar-refractivity contribution in [1.82, 2.24) is 5.32 Å². The molecule has 0 aliphatic carbocycles. The number of benzene rings is 2.